The van der Waals surface area contributed by atoms with Crippen LogP contribution in [0.25, 0.3) is 0 Å². The van der Waals surface area contributed by atoms with Crippen LogP contribution < -0.4 is 0 Å². The second-order valence-corrected chi connectivity index (χ2v) is 5.71. The number of morpholine rings is 1. The number of aromatic carboxylic acids is 1. The number of hydrogen-bond acceptors (Lipinski definition) is 6. The quantitative estimate of drug-likeness (QED) is 0.886. The molecule has 1 saturated heterocycles. The zero-order valence-electron chi connectivity index (χ0n) is 12.2. The lowest BCUT2D eigenvalue weighted by Crippen LogP contribution is -2.44. The van der Waals surface area contributed by atoms with Crippen LogP contribution in [-0.2, 0) is 9.47 Å². The van der Waals surface area contributed by atoms with Crippen molar-refractivity contribution < 1.29 is 28.7 Å². The van der Waals surface area contributed by atoms with Gasteiger partial charge in [-0.05, 0) is 20.8 Å². The first-order valence-corrected chi connectivity index (χ1v) is 6.56. The molecule has 0 saturated carbocycles. The predicted octanol–water partition coefficient (Wildman–Crippen LogP) is 1.68. The third kappa shape index (κ3) is 3.94. The number of rotatable bonds is 2. The summed E-state index contributed by atoms with van der Waals surface area (Å²) in [6.45, 7) is 6.32. The van der Waals surface area contributed by atoms with E-state index >= 15 is 0 Å². The van der Waals surface area contributed by atoms with Crippen LogP contribution in [-0.4, -0.2) is 52.5 Å². The smallest absolute Gasteiger partial charge is 0.410 e. The Labute approximate surface area is 121 Å². The highest BCUT2D eigenvalue weighted by Gasteiger charge is 2.31. The molecular formula is C13H18N2O6. The fraction of sp³-hybridized carbons (Fsp3) is 0.615. The van der Waals surface area contributed by atoms with E-state index < -0.39 is 23.8 Å². The summed E-state index contributed by atoms with van der Waals surface area (Å²) in [7, 11) is 0. The Morgan fingerprint density at radius 2 is 2.19 bits per heavy atom. The number of carboxylic acids is 1. The van der Waals surface area contributed by atoms with Gasteiger partial charge in [-0.15, -0.1) is 0 Å². The summed E-state index contributed by atoms with van der Waals surface area (Å²) in [5.74, 6) is -0.898. The minimum absolute atomic E-state index is 0.192. The molecule has 8 heteroatoms. The fourth-order valence-electron chi connectivity index (χ4n) is 1.86. The number of ether oxygens (including phenoxy) is 2. The highest BCUT2D eigenvalue weighted by atomic mass is 16.6. The first-order chi connectivity index (χ1) is 9.76. The maximum absolute atomic E-state index is 12.0. The second kappa shape index (κ2) is 5.72. The Bertz CT molecular complexity index is 533. The third-order valence-electron chi connectivity index (χ3n) is 2.78. The van der Waals surface area contributed by atoms with Crippen LogP contribution in [0.4, 0.5) is 4.79 Å². The summed E-state index contributed by atoms with van der Waals surface area (Å²) >= 11 is 0. The largest absolute Gasteiger partial charge is 0.476 e. The summed E-state index contributed by atoms with van der Waals surface area (Å²) in [5, 5.41) is 12.2. The van der Waals surface area contributed by atoms with Gasteiger partial charge in [0, 0.05) is 12.6 Å². The maximum Gasteiger partial charge on any atom is 0.410 e. The van der Waals surface area contributed by atoms with Gasteiger partial charge in [-0.3, -0.25) is 0 Å². The van der Waals surface area contributed by atoms with Crippen molar-refractivity contribution in [2.75, 3.05) is 19.7 Å². The summed E-state index contributed by atoms with van der Waals surface area (Å²) in [4.78, 5) is 24.3. The number of hydrogen-bond donors (Lipinski definition) is 1. The molecule has 1 unspecified atom stereocenters. The van der Waals surface area contributed by atoms with Crippen molar-refractivity contribution in [3.05, 3.63) is 17.5 Å². The summed E-state index contributed by atoms with van der Waals surface area (Å²) in [6, 6.07) is 1.30. The highest BCUT2D eigenvalue weighted by Crippen LogP contribution is 2.24. The Balaban J connectivity index is 2.03. The average molecular weight is 298 g/mol. The topological polar surface area (TPSA) is 102 Å². The van der Waals surface area contributed by atoms with Gasteiger partial charge in [0.05, 0.1) is 13.2 Å². The molecule has 1 aromatic rings. The minimum atomic E-state index is -1.18. The normalized spacial score (nSPS) is 19.4. The van der Waals surface area contributed by atoms with Crippen LogP contribution >= 0.6 is 0 Å². The van der Waals surface area contributed by atoms with Crippen molar-refractivity contribution in [1.29, 1.82) is 0 Å². The van der Waals surface area contributed by atoms with E-state index in [-0.39, 0.29) is 18.0 Å². The van der Waals surface area contributed by atoms with E-state index in [1.807, 2.05) is 0 Å². The van der Waals surface area contributed by atoms with Crippen LogP contribution in [0.15, 0.2) is 10.6 Å². The first kappa shape index (κ1) is 15.3. The zero-order chi connectivity index (χ0) is 15.6. The van der Waals surface area contributed by atoms with Crippen molar-refractivity contribution >= 4 is 12.1 Å². The van der Waals surface area contributed by atoms with Gasteiger partial charge in [-0.2, -0.15) is 0 Å². The Morgan fingerprint density at radius 3 is 2.76 bits per heavy atom. The molecule has 0 spiro atoms. The van der Waals surface area contributed by atoms with Crippen molar-refractivity contribution in [3.8, 4) is 0 Å². The molecule has 1 aliphatic rings. The van der Waals surface area contributed by atoms with E-state index in [0.29, 0.717) is 13.2 Å². The standard InChI is InChI=1S/C13H18N2O6/c1-13(2,3)20-12(18)15-4-5-19-10(7-15)9-6-8(11(16)17)14-21-9/h6,10H,4-5,7H2,1-3H3,(H,16,17). The number of amides is 1. The number of carboxylic acid groups (broad SMARTS) is 1. The lowest BCUT2D eigenvalue weighted by Gasteiger charge is -2.33. The Morgan fingerprint density at radius 1 is 1.48 bits per heavy atom. The molecule has 1 fully saturated rings. The van der Waals surface area contributed by atoms with Gasteiger partial charge in [0.1, 0.15) is 11.7 Å². The van der Waals surface area contributed by atoms with Crippen LogP contribution in [0, 0.1) is 0 Å². The van der Waals surface area contributed by atoms with Gasteiger partial charge in [-0.1, -0.05) is 5.16 Å². The van der Waals surface area contributed by atoms with Gasteiger partial charge in [0.15, 0.2) is 11.5 Å². The summed E-state index contributed by atoms with van der Waals surface area (Å²) in [5.41, 5.74) is -0.767. The van der Waals surface area contributed by atoms with Gasteiger partial charge < -0.3 is 24.0 Å². The molecule has 1 atom stereocenters. The number of carbonyl (C=O) groups excluding carboxylic acids is 1. The molecule has 1 N–H and O–H groups in total. The molecule has 2 heterocycles. The molecule has 8 nitrogen and oxygen atoms in total. The molecule has 1 aliphatic heterocycles. The van der Waals surface area contributed by atoms with Crippen molar-refractivity contribution in [2.24, 2.45) is 0 Å². The summed E-state index contributed by atoms with van der Waals surface area (Å²) in [6.07, 6.45) is -0.986. The second-order valence-electron chi connectivity index (χ2n) is 5.71. The Hall–Kier alpha value is -2.09. The van der Waals surface area contributed by atoms with Gasteiger partial charge >= 0.3 is 12.1 Å². The number of aromatic nitrogens is 1. The van der Waals surface area contributed by atoms with Gasteiger partial charge in [-0.25, -0.2) is 9.59 Å². The molecule has 116 valence electrons. The number of carbonyl (C=O) groups is 2. The van der Waals surface area contributed by atoms with E-state index in [0.717, 1.165) is 0 Å². The predicted molar refractivity (Wildman–Crippen MR) is 70.0 cm³/mol. The molecule has 1 amide bonds. The van der Waals surface area contributed by atoms with Gasteiger partial charge in [0.25, 0.3) is 0 Å². The molecule has 1 aromatic heterocycles. The van der Waals surface area contributed by atoms with E-state index in [1.54, 1.807) is 20.8 Å². The first-order valence-electron chi connectivity index (χ1n) is 6.56. The van der Waals surface area contributed by atoms with Crippen molar-refractivity contribution in [3.63, 3.8) is 0 Å². The van der Waals surface area contributed by atoms with Crippen molar-refractivity contribution in [1.82, 2.24) is 10.1 Å². The minimum Gasteiger partial charge on any atom is -0.476 e. The molecule has 2 rings (SSSR count). The van der Waals surface area contributed by atoms with Crippen LogP contribution in [0.5, 0.6) is 0 Å². The van der Waals surface area contributed by atoms with Crippen LogP contribution in [0.3, 0.4) is 0 Å². The SMILES string of the molecule is CC(C)(C)OC(=O)N1CCOC(c2cc(C(=O)O)no2)C1. The van der Waals surface area contributed by atoms with Crippen LogP contribution in [0.1, 0.15) is 43.1 Å². The summed E-state index contributed by atoms with van der Waals surface area (Å²) < 4.78 is 15.7. The Kier molecular flexibility index (Phi) is 4.17. The molecular weight excluding hydrogens is 280 g/mol. The van der Waals surface area contributed by atoms with Gasteiger partial charge in [0.2, 0.25) is 0 Å². The molecule has 21 heavy (non-hydrogen) atoms. The number of nitrogens with zero attached hydrogens (tertiary/aromatic N) is 2. The molecule has 0 bridgehead atoms. The molecule has 0 aromatic carbocycles. The zero-order valence-corrected chi connectivity index (χ0v) is 12.2. The van der Waals surface area contributed by atoms with E-state index in [2.05, 4.69) is 5.16 Å². The molecule has 0 aliphatic carbocycles. The maximum atomic E-state index is 12.0. The van der Waals surface area contributed by atoms with Crippen molar-refractivity contribution in [2.45, 2.75) is 32.5 Å². The fourth-order valence-corrected chi connectivity index (χ4v) is 1.86. The highest BCUT2D eigenvalue weighted by molar-refractivity contribution is 5.85. The van der Waals surface area contributed by atoms with E-state index in [9.17, 15) is 9.59 Å². The average Bonchev–Trinajstić information content (AvgIpc) is 2.86. The van der Waals surface area contributed by atoms with E-state index in [1.165, 1.54) is 11.0 Å². The lowest BCUT2D eigenvalue weighted by molar-refractivity contribution is -0.0517. The lowest BCUT2D eigenvalue weighted by atomic mass is 10.2. The molecule has 0 radical (unpaired) electrons. The van der Waals surface area contributed by atoms with E-state index in [4.69, 9.17) is 19.1 Å². The van der Waals surface area contributed by atoms with Crippen LogP contribution in [0.2, 0.25) is 0 Å². The monoisotopic (exact) mass is 298 g/mol. The third-order valence-corrected chi connectivity index (χ3v) is 2.78.